The van der Waals surface area contributed by atoms with E-state index < -0.39 is 0 Å². The maximum absolute atomic E-state index is 13.5. The predicted octanol–water partition coefficient (Wildman–Crippen LogP) is 3.06. The summed E-state index contributed by atoms with van der Waals surface area (Å²) in [5, 5.41) is 3.07. The first kappa shape index (κ1) is 23.1. The van der Waals surface area contributed by atoms with Crippen molar-refractivity contribution in [3.63, 3.8) is 0 Å². The fraction of sp³-hybridized carbons (Fsp3) is 0.680. The third kappa shape index (κ3) is 4.01. The summed E-state index contributed by atoms with van der Waals surface area (Å²) >= 11 is 0. The van der Waals surface area contributed by atoms with Crippen LogP contribution >= 0.6 is 0 Å². The minimum Gasteiger partial charge on any atom is -0.383 e. The number of piperidine rings is 1. The second-order valence-corrected chi connectivity index (χ2v) is 9.67. The normalized spacial score (nSPS) is 25.3. The second-order valence-electron chi connectivity index (χ2n) is 9.67. The van der Waals surface area contributed by atoms with Crippen molar-refractivity contribution in [3.8, 4) is 0 Å². The van der Waals surface area contributed by atoms with Crippen LogP contribution in [-0.2, 0) is 16.0 Å². The van der Waals surface area contributed by atoms with Crippen LogP contribution in [0, 0.1) is 10.8 Å². The molecule has 0 unspecified atom stereocenters. The standard InChI is InChI=1S/C25H38N4O3/c1-4-20-7-6-8-21(17-20)26-23(31)29-12-9-24(10-13-29)18-27(15-16-32-3)19-25(24)11-14-28(5-2)22(25)30/h6-8,17H,4-5,9-16,18-19H2,1-3H3,(H,26,31)/t25-/m0/s1. The molecule has 176 valence electrons. The summed E-state index contributed by atoms with van der Waals surface area (Å²) in [6, 6.07) is 8.01. The molecule has 0 saturated carbocycles. The molecule has 1 atom stereocenters. The highest BCUT2D eigenvalue weighted by molar-refractivity contribution is 5.90. The number of anilines is 1. The van der Waals surface area contributed by atoms with Gasteiger partial charge in [-0.2, -0.15) is 0 Å². The average Bonchev–Trinajstić information content (AvgIpc) is 3.30. The summed E-state index contributed by atoms with van der Waals surface area (Å²) in [6.45, 7) is 10.5. The van der Waals surface area contributed by atoms with E-state index in [2.05, 4.69) is 30.1 Å². The molecule has 3 saturated heterocycles. The van der Waals surface area contributed by atoms with Gasteiger partial charge in [-0.15, -0.1) is 0 Å². The SMILES string of the molecule is CCc1cccc(NC(=O)N2CCC3(CC2)CN(CCOC)C[C@]32CCN(CC)C2=O)c1. The minimum absolute atomic E-state index is 0.0377. The van der Waals surface area contributed by atoms with Gasteiger partial charge >= 0.3 is 6.03 Å². The number of amides is 3. The molecule has 3 heterocycles. The van der Waals surface area contributed by atoms with Gasteiger partial charge in [-0.25, -0.2) is 4.79 Å². The number of nitrogens with one attached hydrogen (secondary N) is 1. The summed E-state index contributed by atoms with van der Waals surface area (Å²) in [7, 11) is 1.73. The number of hydrogen-bond acceptors (Lipinski definition) is 4. The quantitative estimate of drug-likeness (QED) is 0.735. The lowest BCUT2D eigenvalue weighted by Crippen LogP contribution is -2.54. The summed E-state index contributed by atoms with van der Waals surface area (Å²) < 4.78 is 5.32. The van der Waals surface area contributed by atoms with Gasteiger partial charge in [0.1, 0.15) is 0 Å². The molecular formula is C25H38N4O3. The van der Waals surface area contributed by atoms with Crippen LogP contribution in [0.1, 0.15) is 38.7 Å². The molecule has 0 aromatic heterocycles. The van der Waals surface area contributed by atoms with E-state index in [0.717, 1.165) is 64.1 Å². The van der Waals surface area contributed by atoms with E-state index in [1.165, 1.54) is 5.56 Å². The summed E-state index contributed by atoms with van der Waals surface area (Å²) in [4.78, 5) is 32.9. The van der Waals surface area contributed by atoms with Crippen LogP contribution in [0.2, 0.25) is 0 Å². The summed E-state index contributed by atoms with van der Waals surface area (Å²) in [5.74, 6) is 0.328. The van der Waals surface area contributed by atoms with Crippen molar-refractivity contribution >= 4 is 17.6 Å². The first-order chi connectivity index (χ1) is 15.5. The first-order valence-electron chi connectivity index (χ1n) is 12.1. The third-order valence-corrected chi connectivity index (χ3v) is 8.13. The number of fused-ring (bicyclic) bond motifs is 1. The molecule has 3 amide bonds. The number of urea groups is 1. The summed E-state index contributed by atoms with van der Waals surface area (Å²) in [5.41, 5.74) is 1.70. The molecule has 1 aromatic rings. The number of aryl methyl sites for hydroxylation is 1. The highest BCUT2D eigenvalue weighted by atomic mass is 16.5. The van der Waals surface area contributed by atoms with Gasteiger partial charge in [0, 0.05) is 64.0 Å². The fourth-order valence-corrected chi connectivity index (χ4v) is 6.19. The zero-order chi connectivity index (χ0) is 22.8. The molecule has 1 N–H and O–H groups in total. The number of methoxy groups -OCH3 is 1. The molecule has 2 spiro atoms. The topological polar surface area (TPSA) is 65.1 Å². The Morgan fingerprint density at radius 3 is 2.56 bits per heavy atom. The molecule has 3 aliphatic rings. The Balaban J connectivity index is 1.46. The van der Waals surface area contributed by atoms with Gasteiger partial charge in [0.25, 0.3) is 0 Å². The number of rotatable bonds is 6. The molecule has 4 rings (SSSR count). The fourth-order valence-electron chi connectivity index (χ4n) is 6.19. The molecule has 3 aliphatic heterocycles. The van der Waals surface area contributed by atoms with Crippen LogP contribution in [0.5, 0.6) is 0 Å². The van der Waals surface area contributed by atoms with Gasteiger partial charge in [0.2, 0.25) is 5.91 Å². The minimum atomic E-state index is -0.311. The van der Waals surface area contributed by atoms with Crippen LogP contribution < -0.4 is 5.32 Å². The maximum Gasteiger partial charge on any atom is 0.321 e. The molecule has 1 aromatic carbocycles. The highest BCUT2D eigenvalue weighted by Gasteiger charge is 2.64. The number of benzene rings is 1. The number of carbonyl (C=O) groups is 2. The monoisotopic (exact) mass is 442 g/mol. The zero-order valence-corrected chi connectivity index (χ0v) is 19.9. The Bertz CT molecular complexity index is 836. The van der Waals surface area contributed by atoms with E-state index in [-0.39, 0.29) is 16.9 Å². The van der Waals surface area contributed by atoms with E-state index in [1.54, 1.807) is 7.11 Å². The van der Waals surface area contributed by atoms with E-state index in [4.69, 9.17) is 4.74 Å². The molecular weight excluding hydrogens is 404 g/mol. The smallest absolute Gasteiger partial charge is 0.321 e. The lowest BCUT2D eigenvalue weighted by atomic mass is 9.60. The van der Waals surface area contributed by atoms with Gasteiger partial charge in [-0.1, -0.05) is 19.1 Å². The van der Waals surface area contributed by atoms with Gasteiger partial charge in [0.05, 0.1) is 12.0 Å². The van der Waals surface area contributed by atoms with Gasteiger partial charge in [-0.05, 0) is 50.3 Å². The molecule has 7 heteroatoms. The van der Waals surface area contributed by atoms with Crippen molar-refractivity contribution in [3.05, 3.63) is 29.8 Å². The predicted molar refractivity (Wildman–Crippen MR) is 126 cm³/mol. The largest absolute Gasteiger partial charge is 0.383 e. The lowest BCUT2D eigenvalue weighted by Gasteiger charge is -2.47. The van der Waals surface area contributed by atoms with Crippen LogP contribution in [-0.4, -0.2) is 86.2 Å². The van der Waals surface area contributed by atoms with Crippen molar-refractivity contribution in [2.45, 2.75) is 39.5 Å². The van der Waals surface area contributed by atoms with Gasteiger partial charge in [0.15, 0.2) is 0 Å². The number of ether oxygens (including phenoxy) is 1. The molecule has 0 radical (unpaired) electrons. The van der Waals surface area contributed by atoms with E-state index in [9.17, 15) is 9.59 Å². The first-order valence-corrected chi connectivity index (χ1v) is 12.1. The number of carbonyl (C=O) groups excluding carboxylic acids is 2. The van der Waals surface area contributed by atoms with E-state index in [0.29, 0.717) is 25.6 Å². The average molecular weight is 443 g/mol. The van der Waals surface area contributed by atoms with Crippen molar-refractivity contribution in [2.24, 2.45) is 10.8 Å². The Morgan fingerprint density at radius 2 is 1.91 bits per heavy atom. The molecule has 32 heavy (non-hydrogen) atoms. The Morgan fingerprint density at radius 1 is 1.12 bits per heavy atom. The van der Waals surface area contributed by atoms with Crippen LogP contribution in [0.3, 0.4) is 0 Å². The van der Waals surface area contributed by atoms with Gasteiger partial charge in [-0.3, -0.25) is 9.69 Å². The van der Waals surface area contributed by atoms with Crippen LogP contribution in [0.15, 0.2) is 24.3 Å². The zero-order valence-electron chi connectivity index (χ0n) is 19.9. The van der Waals surface area contributed by atoms with Crippen molar-refractivity contribution in [1.29, 1.82) is 0 Å². The van der Waals surface area contributed by atoms with Crippen molar-refractivity contribution < 1.29 is 14.3 Å². The third-order valence-electron chi connectivity index (χ3n) is 8.13. The number of hydrogen-bond donors (Lipinski definition) is 1. The van der Waals surface area contributed by atoms with E-state index >= 15 is 0 Å². The van der Waals surface area contributed by atoms with Gasteiger partial charge < -0.3 is 19.9 Å². The van der Waals surface area contributed by atoms with E-state index in [1.807, 2.05) is 28.0 Å². The molecule has 3 fully saturated rings. The highest BCUT2D eigenvalue weighted by Crippen LogP contribution is 2.57. The number of likely N-dealkylation sites (tertiary alicyclic amines) is 3. The Kier molecular flexibility index (Phi) is 6.77. The summed E-state index contributed by atoms with van der Waals surface area (Å²) in [6.07, 6.45) is 3.63. The number of nitrogens with zero attached hydrogens (tertiary/aromatic N) is 3. The van der Waals surface area contributed by atoms with Crippen LogP contribution in [0.25, 0.3) is 0 Å². The molecule has 0 aliphatic carbocycles. The van der Waals surface area contributed by atoms with Crippen molar-refractivity contribution in [2.75, 3.05) is 64.8 Å². The Hall–Kier alpha value is -2.12. The van der Waals surface area contributed by atoms with Crippen molar-refractivity contribution in [1.82, 2.24) is 14.7 Å². The molecule has 7 nitrogen and oxygen atoms in total. The van der Waals surface area contributed by atoms with Crippen LogP contribution in [0.4, 0.5) is 10.5 Å². The molecule has 0 bridgehead atoms. The second kappa shape index (κ2) is 9.40. The Labute approximate surface area is 192 Å². The lowest BCUT2D eigenvalue weighted by molar-refractivity contribution is -0.141. The maximum atomic E-state index is 13.5.